The molecular weight excluding hydrogens is 493 g/mol. The van der Waals surface area contributed by atoms with Crippen molar-refractivity contribution in [1.82, 2.24) is 4.90 Å². The number of nitrogens with zero attached hydrogens (tertiary/aromatic N) is 1. The summed E-state index contributed by atoms with van der Waals surface area (Å²) in [6.45, 7) is 4.20. The molecule has 4 aromatic rings. The smallest absolute Gasteiger partial charge is 0.291 e. The highest BCUT2D eigenvalue weighted by atomic mass is 19.1. The molecule has 0 N–H and O–H groups in total. The maximum Gasteiger partial charge on any atom is 0.291 e. The van der Waals surface area contributed by atoms with Crippen molar-refractivity contribution in [1.29, 1.82) is 0 Å². The van der Waals surface area contributed by atoms with E-state index in [9.17, 15) is 14.0 Å². The van der Waals surface area contributed by atoms with Gasteiger partial charge in [-0.15, -0.1) is 0 Å². The number of methoxy groups -OCH3 is 1. The Kier molecular flexibility index (Phi) is 5.75. The number of hydrogen-bond donors (Lipinski definition) is 0. The van der Waals surface area contributed by atoms with Gasteiger partial charge >= 0.3 is 0 Å². The Morgan fingerprint density at radius 1 is 1.05 bits per heavy atom. The minimum atomic E-state index is -0.825. The number of hydrogen-bond acceptors (Lipinski definition) is 7. The first kappa shape index (κ1) is 23.6. The van der Waals surface area contributed by atoms with Crippen LogP contribution in [0.15, 0.2) is 76.5 Å². The third-order valence-corrected chi connectivity index (χ3v) is 6.58. The van der Waals surface area contributed by atoms with Gasteiger partial charge in [-0.1, -0.05) is 24.8 Å². The highest BCUT2D eigenvalue weighted by Crippen LogP contribution is 2.42. The lowest BCUT2D eigenvalue weighted by Gasteiger charge is -2.26. The lowest BCUT2D eigenvalue weighted by molar-refractivity contribution is 0.0714. The lowest BCUT2D eigenvalue weighted by Crippen LogP contribution is -2.29. The van der Waals surface area contributed by atoms with E-state index in [-0.39, 0.29) is 42.2 Å². The van der Waals surface area contributed by atoms with E-state index in [1.807, 2.05) is 6.07 Å². The van der Waals surface area contributed by atoms with Crippen LogP contribution in [0, 0.1) is 5.82 Å². The second-order valence-corrected chi connectivity index (χ2v) is 8.85. The number of rotatable bonds is 7. The van der Waals surface area contributed by atoms with Gasteiger partial charge in [-0.3, -0.25) is 9.59 Å². The maximum absolute atomic E-state index is 14.1. The minimum absolute atomic E-state index is 0.0596. The third-order valence-electron chi connectivity index (χ3n) is 6.58. The van der Waals surface area contributed by atoms with Crippen LogP contribution in [-0.2, 0) is 6.54 Å². The van der Waals surface area contributed by atoms with Crippen LogP contribution in [-0.4, -0.2) is 31.3 Å². The topological polar surface area (TPSA) is 87.4 Å². The number of benzene rings is 3. The molecule has 9 heteroatoms. The fraction of sp³-hybridized carbons (Fsp3) is 0.172. The molecule has 6 rings (SSSR count). The van der Waals surface area contributed by atoms with E-state index in [0.717, 1.165) is 11.6 Å². The number of fused-ring (bicyclic) bond motifs is 3. The zero-order chi connectivity index (χ0) is 26.4. The van der Waals surface area contributed by atoms with Crippen LogP contribution in [0.5, 0.6) is 23.0 Å². The largest absolute Gasteiger partial charge is 0.493 e. The van der Waals surface area contributed by atoms with Crippen molar-refractivity contribution in [2.24, 2.45) is 0 Å². The summed E-state index contributed by atoms with van der Waals surface area (Å²) >= 11 is 0. The highest BCUT2D eigenvalue weighted by molar-refractivity contribution is 5.99. The van der Waals surface area contributed by atoms with E-state index in [1.54, 1.807) is 41.3 Å². The molecule has 0 bridgehead atoms. The molecule has 1 atom stereocenters. The van der Waals surface area contributed by atoms with Gasteiger partial charge in [0.05, 0.1) is 24.1 Å². The molecule has 38 heavy (non-hydrogen) atoms. The predicted molar refractivity (Wildman–Crippen MR) is 135 cm³/mol. The molecule has 0 spiro atoms. The molecule has 2 aliphatic rings. The summed E-state index contributed by atoms with van der Waals surface area (Å²) in [6.07, 6.45) is 1.61. The van der Waals surface area contributed by atoms with Crippen molar-refractivity contribution < 1.29 is 32.5 Å². The van der Waals surface area contributed by atoms with Crippen LogP contribution in [0.3, 0.4) is 0 Å². The molecular formula is C29H22FNO7. The van der Waals surface area contributed by atoms with Gasteiger partial charge in [-0.2, -0.15) is 0 Å². The number of carbonyl (C=O) groups is 1. The molecule has 0 radical (unpaired) electrons. The molecule has 0 saturated heterocycles. The van der Waals surface area contributed by atoms with E-state index in [4.69, 9.17) is 23.4 Å². The summed E-state index contributed by atoms with van der Waals surface area (Å²) in [6, 6.07) is 13.4. The average molecular weight is 515 g/mol. The normalized spacial score (nSPS) is 15.6. The summed E-state index contributed by atoms with van der Waals surface area (Å²) in [5.74, 6) is 0.978. The Hall–Kier alpha value is -4.79. The van der Waals surface area contributed by atoms with Crippen molar-refractivity contribution >= 4 is 16.9 Å². The van der Waals surface area contributed by atoms with Gasteiger partial charge in [0.1, 0.15) is 18.0 Å². The van der Waals surface area contributed by atoms with Crippen LogP contribution in [0.4, 0.5) is 4.39 Å². The fourth-order valence-corrected chi connectivity index (χ4v) is 4.86. The van der Waals surface area contributed by atoms with Crippen molar-refractivity contribution in [3.63, 3.8) is 0 Å². The standard InChI is InChI=1S/C29H22FNO7/c1-3-10-35-21-8-5-17(12-23(21)34-2)26-25-27(32)19-13-18(30)6-9-20(19)38-28(25)29(33)31(26)14-16-4-7-22-24(11-16)37-15-36-22/h3-9,11-13,26H,1,10,14-15H2,2H3/t26-/m1/s1. The summed E-state index contributed by atoms with van der Waals surface area (Å²) in [7, 11) is 1.50. The summed E-state index contributed by atoms with van der Waals surface area (Å²) < 4.78 is 42.1. The Bertz CT molecular complexity index is 1660. The first-order valence-corrected chi connectivity index (χ1v) is 11.9. The second-order valence-electron chi connectivity index (χ2n) is 8.85. The molecule has 8 nitrogen and oxygen atoms in total. The van der Waals surface area contributed by atoms with Crippen molar-refractivity contribution in [2.45, 2.75) is 12.6 Å². The first-order chi connectivity index (χ1) is 18.5. The van der Waals surface area contributed by atoms with Crippen molar-refractivity contribution in [2.75, 3.05) is 20.5 Å². The minimum Gasteiger partial charge on any atom is -0.493 e. The molecule has 0 aliphatic carbocycles. The van der Waals surface area contributed by atoms with Crippen molar-refractivity contribution in [3.05, 3.63) is 106 Å². The zero-order valence-electron chi connectivity index (χ0n) is 20.4. The lowest BCUT2D eigenvalue weighted by atomic mass is 9.97. The third kappa shape index (κ3) is 3.83. The predicted octanol–water partition coefficient (Wildman–Crippen LogP) is 4.98. The average Bonchev–Trinajstić information content (AvgIpc) is 3.50. The van der Waals surface area contributed by atoms with Gasteiger partial charge in [-0.25, -0.2) is 4.39 Å². The van der Waals surface area contributed by atoms with Gasteiger partial charge < -0.3 is 28.3 Å². The van der Waals surface area contributed by atoms with Crippen molar-refractivity contribution in [3.8, 4) is 23.0 Å². The van der Waals surface area contributed by atoms with E-state index < -0.39 is 23.2 Å². The molecule has 2 aliphatic heterocycles. The molecule has 3 heterocycles. The van der Waals surface area contributed by atoms with Crippen LogP contribution < -0.4 is 24.4 Å². The van der Waals surface area contributed by atoms with E-state index in [2.05, 4.69) is 6.58 Å². The number of ether oxygens (including phenoxy) is 4. The first-order valence-electron chi connectivity index (χ1n) is 11.9. The Balaban J connectivity index is 1.51. The van der Waals surface area contributed by atoms with E-state index in [0.29, 0.717) is 28.6 Å². The van der Waals surface area contributed by atoms with Gasteiger partial charge in [0, 0.05) is 6.54 Å². The molecule has 1 amide bonds. The zero-order valence-corrected chi connectivity index (χ0v) is 20.4. The maximum atomic E-state index is 14.1. The SMILES string of the molecule is C=CCOc1ccc([C@@H]2c3c(oc4ccc(F)cc4c3=O)C(=O)N2Cc2ccc3c(c2)OCO3)cc1OC. The van der Waals surface area contributed by atoms with Gasteiger partial charge in [0.2, 0.25) is 12.6 Å². The summed E-state index contributed by atoms with van der Waals surface area (Å²) in [4.78, 5) is 29.0. The van der Waals surface area contributed by atoms with Gasteiger partial charge in [0.15, 0.2) is 28.4 Å². The van der Waals surface area contributed by atoms with Crippen LogP contribution in [0.25, 0.3) is 11.0 Å². The van der Waals surface area contributed by atoms with E-state index >= 15 is 0 Å². The second kappa shape index (κ2) is 9.26. The quantitative estimate of drug-likeness (QED) is 0.321. The molecule has 0 fully saturated rings. The molecule has 0 unspecified atom stereocenters. The van der Waals surface area contributed by atoms with Gasteiger partial charge in [0.25, 0.3) is 5.91 Å². The molecule has 1 aromatic heterocycles. The molecule has 192 valence electrons. The Labute approximate surface area is 216 Å². The molecule has 0 saturated carbocycles. The highest BCUT2D eigenvalue weighted by Gasteiger charge is 2.43. The Morgan fingerprint density at radius 2 is 1.89 bits per heavy atom. The summed E-state index contributed by atoms with van der Waals surface area (Å²) in [5.41, 5.74) is 1.16. The van der Waals surface area contributed by atoms with Crippen LogP contribution in [0.2, 0.25) is 0 Å². The molecule has 3 aromatic carbocycles. The summed E-state index contributed by atoms with van der Waals surface area (Å²) in [5, 5.41) is 0.0596. The van der Waals surface area contributed by atoms with Gasteiger partial charge in [-0.05, 0) is 53.6 Å². The van der Waals surface area contributed by atoms with Crippen LogP contribution in [0.1, 0.15) is 33.3 Å². The van der Waals surface area contributed by atoms with Crippen LogP contribution >= 0.6 is 0 Å². The van der Waals surface area contributed by atoms with E-state index in [1.165, 1.54) is 19.2 Å². The number of carbonyl (C=O) groups excluding carboxylic acids is 1. The number of amides is 1. The fourth-order valence-electron chi connectivity index (χ4n) is 4.86. The monoisotopic (exact) mass is 515 g/mol. The Morgan fingerprint density at radius 3 is 2.71 bits per heavy atom. The number of halogens is 1.